The molecule has 4 nitrogen and oxygen atoms in total. The Morgan fingerprint density at radius 2 is 1.78 bits per heavy atom. The number of para-hydroxylation sites is 1. The monoisotopic (exact) mass is 251 g/mol. The highest BCUT2D eigenvalue weighted by Crippen LogP contribution is 2.21. The van der Waals surface area contributed by atoms with E-state index in [1.54, 1.807) is 18.2 Å². The van der Waals surface area contributed by atoms with Crippen molar-refractivity contribution in [2.45, 2.75) is 6.61 Å². The van der Waals surface area contributed by atoms with Crippen LogP contribution in [0.3, 0.4) is 0 Å². The number of nitrogens with zero attached hydrogens (tertiary/aromatic N) is 1. The van der Waals surface area contributed by atoms with Crippen molar-refractivity contribution in [1.82, 2.24) is 4.98 Å². The van der Waals surface area contributed by atoms with Gasteiger partial charge < -0.3 is 10.2 Å². The van der Waals surface area contributed by atoms with Crippen LogP contribution in [0.5, 0.6) is 5.75 Å². The molecule has 1 aromatic carbocycles. The van der Waals surface area contributed by atoms with Crippen LogP contribution >= 0.6 is 0 Å². The quantitative estimate of drug-likeness (QED) is 0.646. The van der Waals surface area contributed by atoms with Crippen LogP contribution in [0.1, 0.15) is 5.69 Å². The first-order chi connectivity index (χ1) is 8.70. The summed E-state index contributed by atoms with van der Waals surface area (Å²) in [4.78, 5) is 4.06. The summed E-state index contributed by atoms with van der Waals surface area (Å²) in [6, 6.07) is 8.56. The van der Waals surface area contributed by atoms with Gasteiger partial charge in [-0.25, -0.2) is 19.6 Å². The number of pyridine rings is 1. The predicted octanol–water partition coefficient (Wildman–Crippen LogP) is 2.22. The lowest BCUT2D eigenvalue weighted by atomic mass is 10.3. The maximum atomic E-state index is 13.3. The van der Waals surface area contributed by atoms with Crippen LogP contribution < -0.4 is 16.0 Å². The summed E-state index contributed by atoms with van der Waals surface area (Å²) in [7, 11) is 0. The van der Waals surface area contributed by atoms with Crippen molar-refractivity contribution >= 4 is 5.82 Å². The first-order valence-electron chi connectivity index (χ1n) is 5.20. The van der Waals surface area contributed by atoms with Gasteiger partial charge in [0.15, 0.2) is 17.4 Å². The van der Waals surface area contributed by atoms with E-state index < -0.39 is 17.4 Å². The summed E-state index contributed by atoms with van der Waals surface area (Å²) < 4.78 is 31.6. The van der Waals surface area contributed by atoms with Crippen molar-refractivity contribution in [3.63, 3.8) is 0 Å². The normalized spacial score (nSPS) is 10.2. The molecule has 0 saturated heterocycles. The third-order valence-corrected chi connectivity index (χ3v) is 2.24. The van der Waals surface area contributed by atoms with E-state index in [1.165, 1.54) is 6.07 Å². The highest BCUT2D eigenvalue weighted by atomic mass is 19.1. The fourth-order valence-corrected chi connectivity index (χ4v) is 1.41. The molecule has 0 saturated carbocycles. The standard InChI is InChI=1S/C12H11F2N3O/c13-9-4-2-5-10(14)12(9)18-7-8-3-1-6-11(16-8)17-15/h1-6H,7,15H2,(H,16,17). The van der Waals surface area contributed by atoms with Gasteiger partial charge in [-0.2, -0.15) is 0 Å². The van der Waals surface area contributed by atoms with Crippen LogP contribution in [-0.4, -0.2) is 4.98 Å². The lowest BCUT2D eigenvalue weighted by Crippen LogP contribution is -2.10. The Kier molecular flexibility index (Phi) is 3.69. The highest BCUT2D eigenvalue weighted by Gasteiger charge is 2.10. The molecule has 6 heteroatoms. The van der Waals surface area contributed by atoms with Gasteiger partial charge in [-0.05, 0) is 24.3 Å². The van der Waals surface area contributed by atoms with E-state index in [4.69, 9.17) is 10.6 Å². The van der Waals surface area contributed by atoms with Gasteiger partial charge in [-0.1, -0.05) is 12.1 Å². The lowest BCUT2D eigenvalue weighted by molar-refractivity contribution is 0.270. The van der Waals surface area contributed by atoms with Crippen LogP contribution in [0.2, 0.25) is 0 Å². The van der Waals surface area contributed by atoms with E-state index in [0.29, 0.717) is 11.5 Å². The van der Waals surface area contributed by atoms with Crippen molar-refractivity contribution < 1.29 is 13.5 Å². The number of benzene rings is 1. The van der Waals surface area contributed by atoms with Gasteiger partial charge in [0, 0.05) is 0 Å². The average Bonchev–Trinajstić information content (AvgIpc) is 2.38. The van der Waals surface area contributed by atoms with Crippen molar-refractivity contribution in [2.75, 3.05) is 5.43 Å². The third kappa shape index (κ3) is 2.72. The number of anilines is 1. The topological polar surface area (TPSA) is 60.2 Å². The first-order valence-corrected chi connectivity index (χ1v) is 5.20. The van der Waals surface area contributed by atoms with Crippen molar-refractivity contribution in [3.8, 4) is 5.75 Å². The number of hydrazine groups is 1. The van der Waals surface area contributed by atoms with Crippen LogP contribution in [0.4, 0.5) is 14.6 Å². The van der Waals surface area contributed by atoms with Gasteiger partial charge in [0.05, 0.1) is 5.69 Å². The molecule has 0 fully saturated rings. The second-order valence-corrected chi connectivity index (χ2v) is 3.50. The van der Waals surface area contributed by atoms with E-state index in [2.05, 4.69) is 10.4 Å². The van der Waals surface area contributed by atoms with E-state index >= 15 is 0 Å². The van der Waals surface area contributed by atoms with Crippen LogP contribution in [0.25, 0.3) is 0 Å². The number of nitrogens with one attached hydrogen (secondary N) is 1. The van der Waals surface area contributed by atoms with Crippen LogP contribution in [-0.2, 0) is 6.61 Å². The lowest BCUT2D eigenvalue weighted by Gasteiger charge is -2.08. The first kappa shape index (κ1) is 12.3. The molecule has 0 aliphatic heterocycles. The maximum absolute atomic E-state index is 13.3. The molecule has 0 amide bonds. The summed E-state index contributed by atoms with van der Waals surface area (Å²) >= 11 is 0. The van der Waals surface area contributed by atoms with Gasteiger partial charge in [0.2, 0.25) is 0 Å². The van der Waals surface area contributed by atoms with E-state index in [1.807, 2.05) is 0 Å². The number of halogens is 2. The summed E-state index contributed by atoms with van der Waals surface area (Å²) in [6.45, 7) is -0.0482. The summed E-state index contributed by atoms with van der Waals surface area (Å²) in [5.74, 6) is 3.74. The fraction of sp³-hybridized carbons (Fsp3) is 0.0833. The summed E-state index contributed by atoms with van der Waals surface area (Å²) in [6.07, 6.45) is 0. The van der Waals surface area contributed by atoms with E-state index in [9.17, 15) is 8.78 Å². The number of ether oxygens (including phenoxy) is 1. The minimum absolute atomic E-state index is 0.0482. The molecular weight excluding hydrogens is 240 g/mol. The number of aromatic nitrogens is 1. The second-order valence-electron chi connectivity index (χ2n) is 3.50. The zero-order chi connectivity index (χ0) is 13.0. The van der Waals surface area contributed by atoms with E-state index in [-0.39, 0.29) is 6.61 Å². The highest BCUT2D eigenvalue weighted by molar-refractivity contribution is 5.33. The van der Waals surface area contributed by atoms with Crippen LogP contribution in [0.15, 0.2) is 36.4 Å². The SMILES string of the molecule is NNc1cccc(COc2c(F)cccc2F)n1. The van der Waals surface area contributed by atoms with Gasteiger partial charge in [-0.15, -0.1) is 0 Å². The maximum Gasteiger partial charge on any atom is 0.191 e. The minimum atomic E-state index is -0.747. The molecule has 18 heavy (non-hydrogen) atoms. The number of nitrogens with two attached hydrogens (primary N) is 1. The summed E-state index contributed by atoms with van der Waals surface area (Å²) in [5.41, 5.74) is 2.88. The molecule has 2 rings (SSSR count). The van der Waals surface area contributed by atoms with Crippen molar-refractivity contribution in [1.29, 1.82) is 0 Å². The summed E-state index contributed by atoms with van der Waals surface area (Å²) in [5, 5.41) is 0. The van der Waals surface area contributed by atoms with Crippen LogP contribution in [0, 0.1) is 11.6 Å². The zero-order valence-electron chi connectivity index (χ0n) is 9.36. The Labute approximate surface area is 102 Å². The molecule has 2 aromatic rings. The average molecular weight is 251 g/mol. The van der Waals surface area contributed by atoms with E-state index in [0.717, 1.165) is 12.1 Å². The number of hydrogen-bond acceptors (Lipinski definition) is 4. The molecule has 0 bridgehead atoms. The van der Waals surface area contributed by atoms with Crippen molar-refractivity contribution in [3.05, 3.63) is 53.7 Å². The number of rotatable bonds is 4. The molecular formula is C12H11F2N3O. The molecule has 0 aliphatic rings. The zero-order valence-corrected chi connectivity index (χ0v) is 9.36. The molecule has 1 aromatic heterocycles. The number of nitrogen functional groups attached to an aromatic ring is 1. The molecule has 94 valence electrons. The van der Waals surface area contributed by atoms with Gasteiger partial charge in [0.1, 0.15) is 12.4 Å². The third-order valence-electron chi connectivity index (χ3n) is 2.24. The smallest absolute Gasteiger partial charge is 0.191 e. The molecule has 3 N–H and O–H groups in total. The molecule has 0 spiro atoms. The van der Waals surface area contributed by atoms with Crippen molar-refractivity contribution in [2.24, 2.45) is 5.84 Å². The largest absolute Gasteiger partial charge is 0.481 e. The molecule has 1 heterocycles. The number of hydrogen-bond donors (Lipinski definition) is 2. The fourth-order valence-electron chi connectivity index (χ4n) is 1.41. The molecule has 0 atom stereocenters. The van der Waals surface area contributed by atoms with Gasteiger partial charge in [0.25, 0.3) is 0 Å². The molecule has 0 aliphatic carbocycles. The minimum Gasteiger partial charge on any atom is -0.481 e. The van der Waals surface area contributed by atoms with Gasteiger partial charge in [-0.3, -0.25) is 0 Å². The Balaban J connectivity index is 2.11. The Hall–Kier alpha value is -2.21. The Morgan fingerprint density at radius 3 is 2.44 bits per heavy atom. The predicted molar refractivity (Wildman–Crippen MR) is 62.7 cm³/mol. The molecule has 0 radical (unpaired) electrons. The van der Waals surface area contributed by atoms with Gasteiger partial charge >= 0.3 is 0 Å². The second kappa shape index (κ2) is 5.42. The molecule has 0 unspecified atom stereocenters. The Bertz CT molecular complexity index is 528. The Morgan fingerprint density at radius 1 is 1.11 bits per heavy atom.